The SMILES string of the molecule is N#Cc1ncc(N2CCNCC2)cn1. The van der Waals surface area contributed by atoms with Gasteiger partial charge >= 0.3 is 0 Å². The van der Waals surface area contributed by atoms with Gasteiger partial charge in [-0.25, -0.2) is 9.97 Å². The molecule has 0 bridgehead atoms. The first-order valence-corrected chi connectivity index (χ1v) is 4.58. The molecule has 1 aromatic heterocycles. The van der Waals surface area contributed by atoms with Crippen molar-refractivity contribution in [1.29, 1.82) is 5.26 Å². The summed E-state index contributed by atoms with van der Waals surface area (Å²) >= 11 is 0. The van der Waals surface area contributed by atoms with Gasteiger partial charge in [-0.15, -0.1) is 0 Å². The number of anilines is 1. The van der Waals surface area contributed by atoms with Crippen LogP contribution in [-0.2, 0) is 0 Å². The highest BCUT2D eigenvalue weighted by molar-refractivity contribution is 5.43. The fraction of sp³-hybridized carbons (Fsp3) is 0.444. The number of nitrogens with zero attached hydrogens (tertiary/aromatic N) is 4. The Morgan fingerprint density at radius 2 is 1.93 bits per heavy atom. The van der Waals surface area contributed by atoms with Crippen LogP contribution in [0, 0.1) is 11.3 Å². The molecule has 1 N–H and O–H groups in total. The Morgan fingerprint density at radius 3 is 2.50 bits per heavy atom. The van der Waals surface area contributed by atoms with Crippen LogP contribution in [0.4, 0.5) is 5.69 Å². The lowest BCUT2D eigenvalue weighted by atomic mass is 10.3. The summed E-state index contributed by atoms with van der Waals surface area (Å²) in [6.07, 6.45) is 3.41. The van der Waals surface area contributed by atoms with Gasteiger partial charge in [-0.2, -0.15) is 5.26 Å². The van der Waals surface area contributed by atoms with Crippen molar-refractivity contribution in [3.8, 4) is 6.07 Å². The lowest BCUT2D eigenvalue weighted by Gasteiger charge is -2.28. The second kappa shape index (κ2) is 4.03. The highest BCUT2D eigenvalue weighted by atomic mass is 15.2. The molecule has 2 heterocycles. The zero-order valence-corrected chi connectivity index (χ0v) is 7.77. The molecule has 14 heavy (non-hydrogen) atoms. The molecule has 0 radical (unpaired) electrons. The molecule has 0 atom stereocenters. The second-order valence-corrected chi connectivity index (χ2v) is 3.11. The highest BCUT2D eigenvalue weighted by Crippen LogP contribution is 2.10. The lowest BCUT2D eigenvalue weighted by molar-refractivity contribution is 0.588. The Balaban J connectivity index is 2.12. The molecule has 0 spiro atoms. The minimum atomic E-state index is 0.226. The highest BCUT2D eigenvalue weighted by Gasteiger charge is 2.10. The van der Waals surface area contributed by atoms with E-state index in [1.54, 1.807) is 12.4 Å². The maximum absolute atomic E-state index is 8.54. The first-order valence-electron chi connectivity index (χ1n) is 4.58. The Bertz CT molecular complexity index is 333. The number of hydrogen-bond donors (Lipinski definition) is 1. The van der Waals surface area contributed by atoms with Crippen LogP contribution in [-0.4, -0.2) is 36.1 Å². The van der Waals surface area contributed by atoms with Crippen LogP contribution in [0.3, 0.4) is 0 Å². The quantitative estimate of drug-likeness (QED) is 0.660. The van der Waals surface area contributed by atoms with Gasteiger partial charge in [0, 0.05) is 26.2 Å². The third kappa shape index (κ3) is 1.80. The van der Waals surface area contributed by atoms with Gasteiger partial charge in [-0.05, 0) is 0 Å². The number of rotatable bonds is 1. The number of piperazine rings is 1. The van der Waals surface area contributed by atoms with Gasteiger partial charge in [0.1, 0.15) is 6.07 Å². The molecular formula is C9H11N5. The summed E-state index contributed by atoms with van der Waals surface area (Å²) in [4.78, 5) is 10.1. The van der Waals surface area contributed by atoms with Crippen molar-refractivity contribution in [3.63, 3.8) is 0 Å². The third-order valence-corrected chi connectivity index (χ3v) is 2.22. The first kappa shape index (κ1) is 8.91. The average Bonchev–Trinajstić information content (AvgIpc) is 2.30. The summed E-state index contributed by atoms with van der Waals surface area (Å²) < 4.78 is 0. The zero-order chi connectivity index (χ0) is 9.80. The monoisotopic (exact) mass is 189 g/mol. The van der Waals surface area contributed by atoms with E-state index in [4.69, 9.17) is 5.26 Å². The average molecular weight is 189 g/mol. The van der Waals surface area contributed by atoms with Gasteiger partial charge in [-0.1, -0.05) is 0 Å². The van der Waals surface area contributed by atoms with Gasteiger partial charge in [0.05, 0.1) is 18.1 Å². The molecule has 0 unspecified atom stereocenters. The maximum Gasteiger partial charge on any atom is 0.232 e. The van der Waals surface area contributed by atoms with E-state index in [0.717, 1.165) is 31.9 Å². The van der Waals surface area contributed by atoms with E-state index < -0.39 is 0 Å². The third-order valence-electron chi connectivity index (χ3n) is 2.22. The molecule has 72 valence electrons. The molecule has 5 heteroatoms. The summed E-state index contributed by atoms with van der Waals surface area (Å²) in [5.74, 6) is 0.226. The number of aromatic nitrogens is 2. The van der Waals surface area contributed by atoms with E-state index in [0.29, 0.717) is 0 Å². The van der Waals surface area contributed by atoms with Crippen molar-refractivity contribution >= 4 is 5.69 Å². The van der Waals surface area contributed by atoms with Crippen molar-refractivity contribution in [3.05, 3.63) is 18.2 Å². The van der Waals surface area contributed by atoms with Crippen molar-refractivity contribution < 1.29 is 0 Å². The molecule has 0 aromatic carbocycles. The fourth-order valence-electron chi connectivity index (χ4n) is 1.47. The van der Waals surface area contributed by atoms with E-state index in [9.17, 15) is 0 Å². The Hall–Kier alpha value is -1.67. The summed E-state index contributed by atoms with van der Waals surface area (Å²) in [5, 5.41) is 11.8. The van der Waals surface area contributed by atoms with E-state index in [1.807, 2.05) is 6.07 Å². The number of hydrogen-bond acceptors (Lipinski definition) is 5. The standard InChI is InChI=1S/C9H11N5/c10-5-9-12-6-8(7-13-9)14-3-1-11-2-4-14/h6-7,11H,1-4H2. The Labute approximate surface area is 82.4 Å². The predicted octanol–water partition coefficient (Wildman–Crippen LogP) is -0.242. The van der Waals surface area contributed by atoms with Crippen molar-refractivity contribution in [2.75, 3.05) is 31.1 Å². The van der Waals surface area contributed by atoms with Gasteiger partial charge in [0.15, 0.2) is 0 Å². The van der Waals surface area contributed by atoms with E-state index in [1.165, 1.54) is 0 Å². The normalized spacial score (nSPS) is 16.4. The Kier molecular flexibility index (Phi) is 2.56. The van der Waals surface area contributed by atoms with Gasteiger partial charge < -0.3 is 10.2 Å². The molecule has 1 aromatic rings. The van der Waals surface area contributed by atoms with Crippen molar-refractivity contribution in [2.24, 2.45) is 0 Å². The van der Waals surface area contributed by atoms with Gasteiger partial charge in [0.2, 0.25) is 5.82 Å². The number of nitrogens with one attached hydrogen (secondary N) is 1. The van der Waals surface area contributed by atoms with Crippen LogP contribution >= 0.6 is 0 Å². The summed E-state index contributed by atoms with van der Waals surface area (Å²) in [7, 11) is 0. The predicted molar refractivity (Wildman–Crippen MR) is 51.8 cm³/mol. The maximum atomic E-state index is 8.54. The van der Waals surface area contributed by atoms with Crippen molar-refractivity contribution in [2.45, 2.75) is 0 Å². The molecule has 0 saturated carbocycles. The van der Waals surface area contributed by atoms with Gasteiger partial charge in [-0.3, -0.25) is 0 Å². The smallest absolute Gasteiger partial charge is 0.232 e. The molecule has 5 nitrogen and oxygen atoms in total. The zero-order valence-electron chi connectivity index (χ0n) is 7.77. The molecule has 0 amide bonds. The fourth-order valence-corrected chi connectivity index (χ4v) is 1.47. The van der Waals surface area contributed by atoms with Crippen molar-refractivity contribution in [1.82, 2.24) is 15.3 Å². The van der Waals surface area contributed by atoms with Crippen LogP contribution in [0.5, 0.6) is 0 Å². The van der Waals surface area contributed by atoms with Crippen LogP contribution in [0.25, 0.3) is 0 Å². The second-order valence-electron chi connectivity index (χ2n) is 3.11. The van der Waals surface area contributed by atoms with Gasteiger partial charge in [0.25, 0.3) is 0 Å². The van der Waals surface area contributed by atoms with Crippen LogP contribution < -0.4 is 10.2 Å². The molecular weight excluding hydrogens is 178 g/mol. The minimum Gasteiger partial charge on any atom is -0.366 e. The molecule has 1 aliphatic heterocycles. The van der Waals surface area contributed by atoms with E-state index >= 15 is 0 Å². The van der Waals surface area contributed by atoms with Crippen LogP contribution in [0.15, 0.2) is 12.4 Å². The minimum absolute atomic E-state index is 0.226. The summed E-state index contributed by atoms with van der Waals surface area (Å²) in [5.41, 5.74) is 0.991. The number of nitriles is 1. The largest absolute Gasteiger partial charge is 0.366 e. The molecule has 0 aliphatic carbocycles. The van der Waals surface area contributed by atoms with Crippen LogP contribution in [0.2, 0.25) is 0 Å². The topological polar surface area (TPSA) is 64.8 Å². The summed E-state index contributed by atoms with van der Waals surface area (Å²) in [6.45, 7) is 3.91. The molecule has 1 aliphatic rings. The summed E-state index contributed by atoms with van der Waals surface area (Å²) in [6, 6.07) is 1.90. The van der Waals surface area contributed by atoms with Crippen LogP contribution in [0.1, 0.15) is 5.82 Å². The first-order chi connectivity index (χ1) is 6.90. The van der Waals surface area contributed by atoms with E-state index in [-0.39, 0.29) is 5.82 Å². The van der Waals surface area contributed by atoms with E-state index in [2.05, 4.69) is 20.2 Å². The molecule has 2 rings (SSSR count). The molecule has 1 fully saturated rings. The lowest BCUT2D eigenvalue weighted by Crippen LogP contribution is -2.43. The molecule has 1 saturated heterocycles. The Morgan fingerprint density at radius 1 is 1.29 bits per heavy atom.